The molecule has 42 heavy (non-hydrogen) atoms. The van der Waals surface area contributed by atoms with Gasteiger partial charge in [0.05, 0.1) is 22.7 Å². The summed E-state index contributed by atoms with van der Waals surface area (Å²) >= 11 is 0. The summed E-state index contributed by atoms with van der Waals surface area (Å²) in [6.07, 6.45) is 0.583. The zero-order valence-corrected chi connectivity index (χ0v) is 24.5. The van der Waals surface area contributed by atoms with E-state index in [4.69, 9.17) is 9.52 Å². The molecule has 1 N–H and O–H groups in total. The Morgan fingerprint density at radius 3 is 2.43 bits per heavy atom. The fraction of sp³-hybridized carbons (Fsp3) is 0.433. The molecule has 5 rings (SSSR count). The minimum absolute atomic E-state index is 0.0435. The molecule has 0 bridgehead atoms. The number of sulfonamides is 1. The molecule has 224 valence electrons. The van der Waals surface area contributed by atoms with Crippen molar-refractivity contribution < 1.29 is 30.9 Å². The number of nitrogens with zero attached hydrogens (tertiary/aromatic N) is 3. The molecule has 2 heterocycles. The van der Waals surface area contributed by atoms with Crippen LogP contribution in [-0.4, -0.2) is 35.8 Å². The molecule has 1 aliphatic carbocycles. The minimum Gasteiger partial charge on any atom is -0.337 e. The predicted octanol–water partition coefficient (Wildman–Crippen LogP) is 7.02. The minimum atomic E-state index is -4.80. The van der Waals surface area contributed by atoms with Crippen molar-refractivity contribution in [1.29, 1.82) is 0 Å². The first-order valence-corrected chi connectivity index (χ1v) is 15.5. The number of aromatic nitrogens is 1. The van der Waals surface area contributed by atoms with Crippen LogP contribution in [0, 0.1) is 13.8 Å². The summed E-state index contributed by atoms with van der Waals surface area (Å²) in [7, 11) is -4.35. The predicted molar refractivity (Wildman–Crippen MR) is 152 cm³/mol. The Kier molecular flexibility index (Phi) is 7.95. The van der Waals surface area contributed by atoms with E-state index in [1.807, 2.05) is 6.92 Å². The molecule has 1 amide bonds. The van der Waals surface area contributed by atoms with E-state index in [1.165, 1.54) is 36.4 Å². The van der Waals surface area contributed by atoms with Crippen LogP contribution in [-0.2, 0) is 27.5 Å². The molecular weight excluding hydrogens is 569 g/mol. The Bertz CT molecular complexity index is 1640. The summed E-state index contributed by atoms with van der Waals surface area (Å²) < 4.78 is 77.7. The molecule has 2 aliphatic rings. The normalized spacial score (nSPS) is 16.9. The van der Waals surface area contributed by atoms with Gasteiger partial charge in [-0.15, -0.1) is 0 Å². The smallest absolute Gasteiger partial charge is 0.337 e. The summed E-state index contributed by atoms with van der Waals surface area (Å²) in [5, 5.41) is 3.74. The highest BCUT2D eigenvalue weighted by atomic mass is 32.2. The van der Waals surface area contributed by atoms with Crippen molar-refractivity contribution in [2.45, 2.75) is 88.9 Å². The first-order valence-electron chi connectivity index (χ1n) is 14.0. The molecule has 1 saturated carbocycles. The van der Waals surface area contributed by atoms with Crippen molar-refractivity contribution in [3.63, 3.8) is 0 Å². The third-order valence-corrected chi connectivity index (χ3v) is 9.45. The molecule has 1 fully saturated rings. The molecule has 12 heteroatoms. The Balaban J connectivity index is 1.52. The van der Waals surface area contributed by atoms with Gasteiger partial charge in [-0.2, -0.15) is 13.2 Å². The van der Waals surface area contributed by atoms with Gasteiger partial charge in [-0.1, -0.05) is 61.7 Å². The van der Waals surface area contributed by atoms with Crippen LogP contribution in [0.1, 0.15) is 74.3 Å². The molecule has 3 aromatic rings. The second-order valence-corrected chi connectivity index (χ2v) is 12.6. The van der Waals surface area contributed by atoms with Crippen LogP contribution in [0.3, 0.4) is 0 Å². The Labute approximate surface area is 243 Å². The summed E-state index contributed by atoms with van der Waals surface area (Å²) in [6, 6.07) is 9.27. The lowest BCUT2D eigenvalue weighted by Gasteiger charge is -2.24. The van der Waals surface area contributed by atoms with E-state index in [1.54, 1.807) is 18.7 Å². The van der Waals surface area contributed by atoms with E-state index in [0.29, 0.717) is 36.4 Å². The largest absolute Gasteiger partial charge is 0.417 e. The molecular formula is C30H33F3N4O4S. The van der Waals surface area contributed by atoms with Crippen molar-refractivity contribution >= 4 is 27.7 Å². The first-order chi connectivity index (χ1) is 19.9. The fourth-order valence-electron chi connectivity index (χ4n) is 5.65. The van der Waals surface area contributed by atoms with Gasteiger partial charge in [-0.05, 0) is 56.4 Å². The number of hydrogen-bond acceptors (Lipinski definition) is 6. The van der Waals surface area contributed by atoms with E-state index < -0.39 is 27.3 Å². The van der Waals surface area contributed by atoms with Crippen LogP contribution in [0.15, 0.2) is 56.9 Å². The fourth-order valence-corrected chi connectivity index (χ4v) is 6.92. The molecule has 8 nitrogen and oxygen atoms in total. The number of halogens is 3. The average Bonchev–Trinajstić information content (AvgIpc) is 3.62. The summed E-state index contributed by atoms with van der Waals surface area (Å²) in [6.45, 7) is 5.25. The van der Waals surface area contributed by atoms with Gasteiger partial charge in [0.15, 0.2) is 0 Å². The van der Waals surface area contributed by atoms with Gasteiger partial charge >= 0.3 is 6.18 Å². The quantitative estimate of drug-likeness (QED) is 0.283. The number of hydrogen-bond donors (Lipinski definition) is 1. The van der Waals surface area contributed by atoms with Crippen LogP contribution in [0.5, 0.6) is 0 Å². The Hall–Kier alpha value is -3.67. The van der Waals surface area contributed by atoms with E-state index in [2.05, 4.69) is 9.88 Å². The molecule has 0 unspecified atom stereocenters. The number of rotatable bonds is 9. The van der Waals surface area contributed by atoms with Crippen molar-refractivity contribution in [3.8, 4) is 11.1 Å². The number of aliphatic imine (C=N–C) groups is 1. The average molecular weight is 603 g/mol. The van der Waals surface area contributed by atoms with E-state index in [-0.39, 0.29) is 39.9 Å². The zero-order valence-electron chi connectivity index (χ0n) is 23.7. The number of anilines is 1. The second kappa shape index (κ2) is 11.2. The molecule has 0 radical (unpaired) electrons. The topological polar surface area (TPSA) is 105 Å². The lowest BCUT2D eigenvalue weighted by Crippen LogP contribution is -2.40. The van der Waals surface area contributed by atoms with Crippen molar-refractivity contribution in [1.82, 2.24) is 10.1 Å². The van der Waals surface area contributed by atoms with Gasteiger partial charge in [-0.25, -0.2) is 13.1 Å². The number of carbonyl (C=O) groups excluding carboxylic acids is 1. The molecule has 1 aromatic heterocycles. The van der Waals surface area contributed by atoms with Crippen LogP contribution in [0.4, 0.5) is 19.1 Å². The number of amidine groups is 1. The van der Waals surface area contributed by atoms with Gasteiger partial charge in [0.1, 0.15) is 11.4 Å². The summed E-state index contributed by atoms with van der Waals surface area (Å²) in [5.41, 5.74) is -0.976. The molecule has 2 aromatic carbocycles. The second-order valence-electron chi connectivity index (χ2n) is 11.0. The number of amides is 1. The molecule has 1 aliphatic heterocycles. The van der Waals surface area contributed by atoms with Crippen LogP contribution in [0.25, 0.3) is 11.1 Å². The maximum absolute atomic E-state index is 14.5. The van der Waals surface area contributed by atoms with Crippen molar-refractivity contribution in [2.75, 3.05) is 4.72 Å². The van der Waals surface area contributed by atoms with Crippen LogP contribution >= 0.6 is 0 Å². The van der Waals surface area contributed by atoms with Gasteiger partial charge in [-0.3, -0.25) is 14.7 Å². The van der Waals surface area contributed by atoms with Gasteiger partial charge in [0.2, 0.25) is 5.88 Å². The maximum Gasteiger partial charge on any atom is 0.417 e. The lowest BCUT2D eigenvalue weighted by atomic mass is 9.96. The van der Waals surface area contributed by atoms with Crippen molar-refractivity contribution in [2.24, 2.45) is 4.99 Å². The number of carbonyl (C=O) groups is 1. The number of aryl methyl sites for hydroxylation is 1. The van der Waals surface area contributed by atoms with Crippen LogP contribution < -0.4 is 4.72 Å². The highest BCUT2D eigenvalue weighted by Crippen LogP contribution is 2.42. The molecule has 0 atom stereocenters. The Morgan fingerprint density at radius 1 is 1.07 bits per heavy atom. The van der Waals surface area contributed by atoms with Gasteiger partial charge in [0, 0.05) is 17.5 Å². The summed E-state index contributed by atoms with van der Waals surface area (Å²) in [5.74, 6) is 0.371. The number of unbranched alkanes of at least 4 members (excludes halogenated alkanes) is 1. The highest BCUT2D eigenvalue weighted by Gasteiger charge is 2.49. The van der Waals surface area contributed by atoms with E-state index >= 15 is 0 Å². The lowest BCUT2D eigenvalue weighted by molar-refractivity contribution is -0.137. The molecule has 0 saturated heterocycles. The Morgan fingerprint density at radius 2 is 1.79 bits per heavy atom. The first kappa shape index (κ1) is 29.8. The number of alkyl halides is 3. The van der Waals surface area contributed by atoms with Crippen LogP contribution in [0.2, 0.25) is 0 Å². The highest BCUT2D eigenvalue weighted by molar-refractivity contribution is 7.92. The standard InChI is InChI=1S/C30H33F3N4O4S/c1-4-5-12-26-34-29(15-8-9-16-29)28(38)37(26)18-21-13-14-22(24(17-21)30(31,32)33)23-10-6-7-11-25(23)42(39,40)36-27-19(2)20(3)35-41-27/h6-7,10-11,13-14,17,36H,4-5,8-9,12,15-16,18H2,1-3H3. The summed E-state index contributed by atoms with van der Waals surface area (Å²) in [4.78, 5) is 19.5. The number of nitrogens with one attached hydrogen (secondary N) is 1. The maximum atomic E-state index is 14.5. The monoisotopic (exact) mass is 602 g/mol. The van der Waals surface area contributed by atoms with Gasteiger partial charge < -0.3 is 4.52 Å². The third kappa shape index (κ3) is 5.56. The van der Waals surface area contributed by atoms with E-state index in [9.17, 15) is 26.4 Å². The third-order valence-electron chi connectivity index (χ3n) is 8.06. The zero-order chi connectivity index (χ0) is 30.3. The molecule has 1 spiro atoms. The SMILES string of the molecule is CCCCC1=NC2(CCCC2)C(=O)N1Cc1ccc(-c2ccccc2S(=O)(=O)Nc2onc(C)c2C)c(C(F)(F)F)c1. The van der Waals surface area contributed by atoms with Crippen molar-refractivity contribution in [3.05, 3.63) is 64.8 Å². The number of benzene rings is 2. The van der Waals surface area contributed by atoms with Gasteiger partial charge in [0.25, 0.3) is 15.9 Å². The van der Waals surface area contributed by atoms with E-state index in [0.717, 1.165) is 31.7 Å².